The van der Waals surface area contributed by atoms with Gasteiger partial charge >= 0.3 is 0 Å². The van der Waals surface area contributed by atoms with Gasteiger partial charge in [-0.15, -0.1) is 0 Å². The van der Waals surface area contributed by atoms with Gasteiger partial charge < -0.3 is 4.74 Å². The summed E-state index contributed by atoms with van der Waals surface area (Å²) in [6, 6.07) is 12.6. The number of nitrogens with zero attached hydrogens (tertiary/aromatic N) is 3. The first-order valence-electron chi connectivity index (χ1n) is 7.48. The predicted octanol–water partition coefficient (Wildman–Crippen LogP) is 3.41. The van der Waals surface area contributed by atoms with Gasteiger partial charge in [0.2, 0.25) is 0 Å². The second kappa shape index (κ2) is 4.40. The number of ether oxygens (including phenoxy) is 1. The minimum Gasteiger partial charge on any atom is -0.371 e. The van der Waals surface area contributed by atoms with Crippen molar-refractivity contribution in [2.75, 3.05) is 6.61 Å². The number of pyridine rings is 1. The highest BCUT2D eigenvalue weighted by molar-refractivity contribution is 9.10. The molecule has 0 N–H and O–H groups in total. The number of aryl methyl sites for hydroxylation is 1. The molecule has 0 amide bonds. The summed E-state index contributed by atoms with van der Waals surface area (Å²) in [6.45, 7) is 1.24. The van der Waals surface area contributed by atoms with E-state index in [1.54, 1.807) is 0 Å². The van der Waals surface area contributed by atoms with Crippen molar-refractivity contribution in [2.24, 2.45) is 0 Å². The summed E-state index contributed by atoms with van der Waals surface area (Å²) in [6.07, 6.45) is 2.12. The molecule has 0 fully saturated rings. The van der Waals surface area contributed by atoms with E-state index in [2.05, 4.69) is 44.8 Å². The van der Waals surface area contributed by atoms with Crippen molar-refractivity contribution in [3.63, 3.8) is 0 Å². The molecular formula is C17H14BrN3O. The smallest absolute Gasteiger partial charge is 0.162 e. The maximum Gasteiger partial charge on any atom is 0.162 e. The van der Waals surface area contributed by atoms with Crippen molar-refractivity contribution < 1.29 is 4.74 Å². The van der Waals surface area contributed by atoms with Crippen LogP contribution in [0.3, 0.4) is 0 Å². The van der Waals surface area contributed by atoms with Crippen LogP contribution < -0.4 is 0 Å². The number of benzene rings is 1. The highest BCUT2D eigenvalue weighted by Crippen LogP contribution is 2.44. The summed E-state index contributed by atoms with van der Waals surface area (Å²) < 4.78 is 9.09. The summed E-state index contributed by atoms with van der Waals surface area (Å²) >= 11 is 3.49. The number of imidazole rings is 1. The second-order valence-electron chi connectivity index (χ2n) is 6.02. The van der Waals surface area contributed by atoms with Crippen LogP contribution in [0.4, 0.5) is 0 Å². The lowest BCUT2D eigenvalue weighted by molar-refractivity contribution is 0.0224. The molecule has 5 heteroatoms. The predicted molar refractivity (Wildman–Crippen MR) is 86.7 cm³/mol. The van der Waals surface area contributed by atoms with E-state index in [1.807, 2.05) is 12.1 Å². The van der Waals surface area contributed by atoms with Crippen molar-refractivity contribution >= 4 is 27.1 Å². The average Bonchev–Trinajstić information content (AvgIpc) is 3.08. The molecule has 0 radical (unpaired) electrons. The lowest BCUT2D eigenvalue weighted by Gasteiger charge is -2.37. The molecule has 4 nitrogen and oxygen atoms in total. The van der Waals surface area contributed by atoms with E-state index >= 15 is 0 Å². The zero-order valence-corrected chi connectivity index (χ0v) is 13.5. The van der Waals surface area contributed by atoms with Gasteiger partial charge in [0.05, 0.1) is 12.1 Å². The van der Waals surface area contributed by atoms with E-state index in [1.165, 1.54) is 11.1 Å². The zero-order chi connectivity index (χ0) is 14.7. The molecule has 0 bridgehead atoms. The highest BCUT2D eigenvalue weighted by Gasteiger charge is 2.45. The Hall–Kier alpha value is -1.72. The first-order valence-corrected chi connectivity index (χ1v) is 8.28. The molecule has 1 unspecified atom stereocenters. The molecular weight excluding hydrogens is 342 g/mol. The fraction of sp³-hybridized carbons (Fsp3) is 0.294. The lowest BCUT2D eigenvalue weighted by atomic mass is 9.91. The molecule has 1 aliphatic carbocycles. The van der Waals surface area contributed by atoms with Gasteiger partial charge in [-0.3, -0.25) is 4.57 Å². The van der Waals surface area contributed by atoms with Crippen LogP contribution in [0.1, 0.15) is 23.4 Å². The fourth-order valence-electron chi connectivity index (χ4n) is 3.95. The summed E-state index contributed by atoms with van der Waals surface area (Å²) in [5.41, 5.74) is 4.50. The number of halogens is 1. The third kappa shape index (κ3) is 1.55. The first kappa shape index (κ1) is 12.8. The topological polar surface area (TPSA) is 39.9 Å². The van der Waals surface area contributed by atoms with Gasteiger partial charge in [-0.05, 0) is 52.0 Å². The standard InChI is InChI=1S/C17H14BrN3O/c18-14-6-5-13-16(20-14)21-15(19-13)9-22-10-17(21)8-7-11-3-1-2-4-12(11)17/h1-6H,7-10H2. The molecule has 5 rings (SSSR count). The highest BCUT2D eigenvalue weighted by atomic mass is 79.9. The Morgan fingerprint density at radius 2 is 2.05 bits per heavy atom. The Balaban J connectivity index is 1.86. The van der Waals surface area contributed by atoms with Crippen molar-refractivity contribution in [1.29, 1.82) is 0 Å². The average molecular weight is 356 g/mol. The van der Waals surface area contributed by atoms with E-state index < -0.39 is 0 Å². The summed E-state index contributed by atoms with van der Waals surface area (Å²) in [5.74, 6) is 0.976. The molecule has 1 atom stereocenters. The van der Waals surface area contributed by atoms with Crippen LogP contribution in [-0.2, 0) is 23.3 Å². The zero-order valence-electron chi connectivity index (χ0n) is 11.9. The van der Waals surface area contributed by atoms with Crippen LogP contribution in [0.5, 0.6) is 0 Å². The Morgan fingerprint density at radius 1 is 1.14 bits per heavy atom. The van der Waals surface area contributed by atoms with Crippen LogP contribution in [0, 0.1) is 0 Å². The van der Waals surface area contributed by atoms with E-state index in [-0.39, 0.29) is 5.54 Å². The Morgan fingerprint density at radius 3 is 3.00 bits per heavy atom. The molecule has 1 aromatic carbocycles. The van der Waals surface area contributed by atoms with Gasteiger partial charge in [-0.2, -0.15) is 0 Å². The minimum absolute atomic E-state index is 0.160. The largest absolute Gasteiger partial charge is 0.371 e. The van der Waals surface area contributed by atoms with Gasteiger partial charge in [-0.25, -0.2) is 9.97 Å². The number of hydrogen-bond donors (Lipinski definition) is 0. The molecule has 22 heavy (non-hydrogen) atoms. The number of aromatic nitrogens is 3. The molecule has 2 aromatic heterocycles. The molecule has 1 spiro atoms. The number of fused-ring (bicyclic) bond motifs is 6. The summed E-state index contributed by atoms with van der Waals surface area (Å²) in [7, 11) is 0. The number of hydrogen-bond acceptors (Lipinski definition) is 3. The molecule has 3 heterocycles. The third-order valence-electron chi connectivity index (χ3n) is 4.87. The Kier molecular flexibility index (Phi) is 2.56. The van der Waals surface area contributed by atoms with Crippen molar-refractivity contribution in [3.05, 3.63) is 58.0 Å². The first-order chi connectivity index (χ1) is 10.8. The maximum atomic E-state index is 5.93. The summed E-state index contributed by atoms with van der Waals surface area (Å²) in [5, 5.41) is 0. The molecule has 0 saturated carbocycles. The third-order valence-corrected chi connectivity index (χ3v) is 5.31. The van der Waals surface area contributed by atoms with Gasteiger partial charge in [0.1, 0.15) is 22.6 Å². The lowest BCUT2D eigenvalue weighted by Crippen LogP contribution is -2.42. The summed E-state index contributed by atoms with van der Waals surface area (Å²) in [4.78, 5) is 9.44. The molecule has 1 aliphatic heterocycles. The fourth-order valence-corrected chi connectivity index (χ4v) is 4.25. The van der Waals surface area contributed by atoms with E-state index in [4.69, 9.17) is 14.7 Å². The van der Waals surface area contributed by atoms with Crippen molar-refractivity contribution in [2.45, 2.75) is 25.0 Å². The van der Waals surface area contributed by atoms with Crippen LogP contribution >= 0.6 is 15.9 Å². The van der Waals surface area contributed by atoms with E-state index in [9.17, 15) is 0 Å². The molecule has 0 saturated heterocycles. The van der Waals surface area contributed by atoms with Crippen LogP contribution in [-0.4, -0.2) is 21.1 Å². The van der Waals surface area contributed by atoms with Gasteiger partial charge in [-0.1, -0.05) is 24.3 Å². The van der Waals surface area contributed by atoms with Gasteiger partial charge in [0, 0.05) is 0 Å². The molecule has 2 aliphatic rings. The van der Waals surface area contributed by atoms with E-state index in [0.29, 0.717) is 13.2 Å². The van der Waals surface area contributed by atoms with Crippen molar-refractivity contribution in [1.82, 2.24) is 14.5 Å². The van der Waals surface area contributed by atoms with Crippen LogP contribution in [0.25, 0.3) is 11.2 Å². The number of rotatable bonds is 0. The second-order valence-corrected chi connectivity index (χ2v) is 6.83. The van der Waals surface area contributed by atoms with Crippen LogP contribution in [0.2, 0.25) is 0 Å². The quantitative estimate of drug-likeness (QED) is 0.580. The normalized spacial score (nSPS) is 23.0. The Labute approximate surface area is 136 Å². The van der Waals surface area contributed by atoms with Crippen LogP contribution in [0.15, 0.2) is 41.0 Å². The van der Waals surface area contributed by atoms with Gasteiger partial charge in [0.25, 0.3) is 0 Å². The Bertz CT molecular complexity index is 904. The van der Waals surface area contributed by atoms with Crippen molar-refractivity contribution in [3.8, 4) is 0 Å². The molecule has 3 aromatic rings. The molecule has 110 valence electrons. The SMILES string of the molecule is Brc1ccc2nc3n(c2n1)C1(CCc2ccccc21)COC3. The van der Waals surface area contributed by atoms with E-state index in [0.717, 1.165) is 34.4 Å². The minimum atomic E-state index is -0.160. The maximum absolute atomic E-state index is 5.93. The monoisotopic (exact) mass is 355 g/mol. The van der Waals surface area contributed by atoms with Gasteiger partial charge in [0.15, 0.2) is 5.65 Å².